The molecule has 12 heavy (non-hydrogen) atoms. The van der Waals surface area contributed by atoms with E-state index >= 15 is 0 Å². The van der Waals surface area contributed by atoms with Crippen molar-refractivity contribution in [2.45, 2.75) is 18.3 Å². The highest BCUT2D eigenvalue weighted by molar-refractivity contribution is 5.40. The van der Waals surface area contributed by atoms with Gasteiger partial charge in [0, 0.05) is 13.1 Å². The lowest BCUT2D eigenvalue weighted by Crippen LogP contribution is -2.28. The van der Waals surface area contributed by atoms with Crippen molar-refractivity contribution in [1.82, 2.24) is 5.32 Å². The van der Waals surface area contributed by atoms with Crippen molar-refractivity contribution < 1.29 is 0 Å². The van der Waals surface area contributed by atoms with Gasteiger partial charge in [-0.05, 0) is 29.4 Å². The second-order valence-corrected chi connectivity index (χ2v) is 3.92. The molecule has 2 atom stereocenters. The van der Waals surface area contributed by atoms with Crippen LogP contribution in [0.15, 0.2) is 24.3 Å². The van der Waals surface area contributed by atoms with Gasteiger partial charge in [0.15, 0.2) is 0 Å². The summed E-state index contributed by atoms with van der Waals surface area (Å²) in [5.74, 6) is 1.61. The number of nitrogens with one attached hydrogen (secondary N) is 1. The zero-order chi connectivity index (χ0) is 7.97. The van der Waals surface area contributed by atoms with Gasteiger partial charge in [-0.25, -0.2) is 0 Å². The molecule has 1 aromatic carbocycles. The molecule has 2 bridgehead atoms. The Kier molecular flexibility index (Phi) is 1.30. The first-order chi connectivity index (χ1) is 5.95. The van der Waals surface area contributed by atoms with Crippen molar-refractivity contribution in [3.05, 3.63) is 35.4 Å². The topological polar surface area (TPSA) is 12.0 Å². The minimum absolute atomic E-state index is 0.806. The highest BCUT2D eigenvalue weighted by Crippen LogP contribution is 2.42. The number of rotatable bonds is 0. The molecule has 1 fully saturated rings. The Bertz CT molecular complexity index is 277. The van der Waals surface area contributed by atoms with Crippen LogP contribution in [0.3, 0.4) is 0 Å². The molecule has 1 aliphatic heterocycles. The average molecular weight is 159 g/mol. The van der Waals surface area contributed by atoms with Crippen LogP contribution < -0.4 is 5.32 Å². The summed E-state index contributed by atoms with van der Waals surface area (Å²) >= 11 is 0. The fourth-order valence-electron chi connectivity index (χ4n) is 2.67. The largest absolute Gasteiger partial charge is 0.316 e. The van der Waals surface area contributed by atoms with Crippen LogP contribution in [-0.2, 0) is 0 Å². The molecular formula is C11H13N. The van der Waals surface area contributed by atoms with Crippen LogP contribution in [0.1, 0.15) is 29.4 Å². The normalized spacial score (nSPS) is 31.7. The molecule has 0 saturated carbocycles. The van der Waals surface area contributed by atoms with Gasteiger partial charge in [-0.15, -0.1) is 0 Å². The first-order valence-corrected chi connectivity index (χ1v) is 4.74. The number of hydrogen-bond acceptors (Lipinski definition) is 1. The van der Waals surface area contributed by atoms with Crippen LogP contribution in [0.2, 0.25) is 0 Å². The maximum absolute atomic E-state index is 3.49. The quantitative estimate of drug-likeness (QED) is 0.609. The van der Waals surface area contributed by atoms with Crippen molar-refractivity contribution >= 4 is 0 Å². The molecule has 0 aromatic heterocycles. The Morgan fingerprint density at radius 3 is 2.17 bits per heavy atom. The van der Waals surface area contributed by atoms with Crippen molar-refractivity contribution in [3.8, 4) is 0 Å². The van der Waals surface area contributed by atoms with E-state index in [0.717, 1.165) is 11.8 Å². The van der Waals surface area contributed by atoms with E-state index in [0.29, 0.717) is 0 Å². The number of fused-ring (bicyclic) bond motifs is 5. The van der Waals surface area contributed by atoms with E-state index in [2.05, 4.69) is 29.6 Å². The third-order valence-corrected chi connectivity index (χ3v) is 3.23. The van der Waals surface area contributed by atoms with Gasteiger partial charge in [0.1, 0.15) is 0 Å². The van der Waals surface area contributed by atoms with Gasteiger partial charge in [-0.1, -0.05) is 24.3 Å². The SMILES string of the molecule is c1ccc2c(c1)[C@@H]1CNC[C@H]2C1. The van der Waals surface area contributed by atoms with Crippen molar-refractivity contribution in [2.75, 3.05) is 13.1 Å². The molecule has 0 unspecified atom stereocenters. The van der Waals surface area contributed by atoms with Gasteiger partial charge < -0.3 is 5.32 Å². The molecule has 0 amide bonds. The predicted octanol–water partition coefficient (Wildman–Crippen LogP) is 1.86. The Morgan fingerprint density at radius 2 is 1.58 bits per heavy atom. The summed E-state index contributed by atoms with van der Waals surface area (Å²) in [4.78, 5) is 0. The van der Waals surface area contributed by atoms with Gasteiger partial charge in [-0.3, -0.25) is 0 Å². The molecule has 1 N–H and O–H groups in total. The second kappa shape index (κ2) is 2.33. The lowest BCUT2D eigenvalue weighted by Gasteiger charge is -2.19. The first kappa shape index (κ1) is 6.67. The summed E-state index contributed by atoms with van der Waals surface area (Å²) in [7, 11) is 0. The fraction of sp³-hybridized carbons (Fsp3) is 0.455. The monoisotopic (exact) mass is 159 g/mol. The Labute approximate surface area is 72.8 Å². The van der Waals surface area contributed by atoms with E-state index in [4.69, 9.17) is 0 Å². The van der Waals surface area contributed by atoms with E-state index < -0.39 is 0 Å². The molecule has 1 nitrogen and oxygen atoms in total. The predicted molar refractivity (Wildman–Crippen MR) is 49.4 cm³/mol. The molecule has 0 radical (unpaired) electrons. The molecule has 1 aromatic rings. The summed E-state index contributed by atoms with van der Waals surface area (Å²) in [5, 5.41) is 3.49. The maximum atomic E-state index is 3.49. The van der Waals surface area contributed by atoms with Gasteiger partial charge in [0.2, 0.25) is 0 Å². The van der Waals surface area contributed by atoms with Crippen molar-refractivity contribution in [3.63, 3.8) is 0 Å². The number of piperidine rings is 1. The zero-order valence-corrected chi connectivity index (χ0v) is 7.09. The van der Waals surface area contributed by atoms with E-state index in [1.54, 1.807) is 11.1 Å². The van der Waals surface area contributed by atoms with Gasteiger partial charge in [0.05, 0.1) is 0 Å². The standard InChI is InChI=1S/C11H13N/c1-2-4-11-9-5-8(6-12-7-9)10(11)3-1/h1-4,8-9,12H,5-7H2/t8-,9+. The zero-order valence-electron chi connectivity index (χ0n) is 7.09. The number of hydrogen-bond donors (Lipinski definition) is 1. The van der Waals surface area contributed by atoms with E-state index in [9.17, 15) is 0 Å². The van der Waals surface area contributed by atoms with E-state index in [-0.39, 0.29) is 0 Å². The van der Waals surface area contributed by atoms with Crippen LogP contribution in [0.5, 0.6) is 0 Å². The molecule has 1 heterocycles. The van der Waals surface area contributed by atoms with Gasteiger partial charge in [0.25, 0.3) is 0 Å². The lowest BCUT2D eigenvalue weighted by atomic mass is 9.98. The highest BCUT2D eigenvalue weighted by atomic mass is 14.9. The maximum Gasteiger partial charge on any atom is 0.00207 e. The Morgan fingerprint density at radius 1 is 1.00 bits per heavy atom. The summed E-state index contributed by atoms with van der Waals surface area (Å²) in [6.45, 7) is 2.38. The van der Waals surface area contributed by atoms with Gasteiger partial charge >= 0.3 is 0 Å². The van der Waals surface area contributed by atoms with Crippen LogP contribution in [0, 0.1) is 0 Å². The summed E-state index contributed by atoms with van der Waals surface area (Å²) < 4.78 is 0. The van der Waals surface area contributed by atoms with Crippen molar-refractivity contribution in [2.24, 2.45) is 0 Å². The molecule has 62 valence electrons. The third kappa shape index (κ3) is 0.774. The fourth-order valence-corrected chi connectivity index (χ4v) is 2.67. The Balaban J connectivity index is 2.16. The first-order valence-electron chi connectivity index (χ1n) is 4.74. The molecule has 0 spiro atoms. The second-order valence-electron chi connectivity index (χ2n) is 3.92. The summed E-state index contributed by atoms with van der Waals surface area (Å²) in [5.41, 5.74) is 3.21. The minimum Gasteiger partial charge on any atom is -0.316 e. The Hall–Kier alpha value is -0.820. The van der Waals surface area contributed by atoms with Crippen LogP contribution >= 0.6 is 0 Å². The average Bonchev–Trinajstić information content (AvgIpc) is 2.41. The van der Waals surface area contributed by atoms with Crippen LogP contribution in [-0.4, -0.2) is 13.1 Å². The molecule has 3 rings (SSSR count). The minimum atomic E-state index is 0.806. The molecule has 1 aliphatic carbocycles. The summed E-state index contributed by atoms with van der Waals surface area (Å²) in [6.07, 6.45) is 1.38. The van der Waals surface area contributed by atoms with E-state index in [1.807, 2.05) is 0 Å². The molecule has 1 heteroatoms. The molecule has 1 saturated heterocycles. The lowest BCUT2D eigenvalue weighted by molar-refractivity contribution is 0.454. The smallest absolute Gasteiger partial charge is 0.00207 e. The van der Waals surface area contributed by atoms with E-state index in [1.165, 1.54) is 19.5 Å². The third-order valence-electron chi connectivity index (χ3n) is 3.23. The van der Waals surface area contributed by atoms with Gasteiger partial charge in [-0.2, -0.15) is 0 Å². The molecule has 2 aliphatic rings. The highest BCUT2D eigenvalue weighted by Gasteiger charge is 2.33. The summed E-state index contributed by atoms with van der Waals surface area (Å²) in [6, 6.07) is 8.93. The van der Waals surface area contributed by atoms with Crippen LogP contribution in [0.25, 0.3) is 0 Å². The number of benzene rings is 1. The van der Waals surface area contributed by atoms with Crippen molar-refractivity contribution in [1.29, 1.82) is 0 Å². The van der Waals surface area contributed by atoms with Crippen LogP contribution in [0.4, 0.5) is 0 Å². The molecular weight excluding hydrogens is 146 g/mol.